The average molecular weight is 446 g/mol. The predicted molar refractivity (Wildman–Crippen MR) is 104 cm³/mol. The summed E-state index contributed by atoms with van der Waals surface area (Å²) < 4.78 is 55.7. The molecule has 12 heteroatoms. The summed E-state index contributed by atoms with van der Waals surface area (Å²) in [5.74, 6) is 0.819. The zero-order valence-corrected chi connectivity index (χ0v) is 17.0. The Balaban J connectivity index is 1.54. The maximum absolute atomic E-state index is 12.3. The van der Waals surface area contributed by atoms with Crippen LogP contribution in [-0.2, 0) is 24.8 Å². The molecule has 0 radical (unpaired) electrons. The molecule has 4 heterocycles. The Morgan fingerprint density at radius 3 is 2.88 bits per heavy atom. The van der Waals surface area contributed by atoms with Gasteiger partial charge in [0.05, 0.1) is 30.4 Å². The molecule has 3 aromatic heterocycles. The van der Waals surface area contributed by atoms with Crippen LogP contribution in [0.5, 0.6) is 5.75 Å². The lowest BCUT2D eigenvalue weighted by Gasteiger charge is -2.12. The summed E-state index contributed by atoms with van der Waals surface area (Å²) in [6.45, 7) is -1.84. The van der Waals surface area contributed by atoms with Gasteiger partial charge < -0.3 is 18.6 Å². The van der Waals surface area contributed by atoms with Crippen LogP contribution in [0, 0.1) is 0 Å². The minimum atomic E-state index is -4.43. The smallest absolute Gasteiger partial charge is 0.411 e. The summed E-state index contributed by atoms with van der Waals surface area (Å²) in [6, 6.07) is 5.72. The number of aromatic nitrogens is 6. The molecule has 5 rings (SSSR count). The van der Waals surface area contributed by atoms with Gasteiger partial charge in [-0.3, -0.25) is 4.68 Å². The first-order chi connectivity index (χ1) is 15.3. The number of hydrogen-bond donors (Lipinski definition) is 0. The number of benzene rings is 1. The van der Waals surface area contributed by atoms with Gasteiger partial charge in [0, 0.05) is 24.6 Å². The van der Waals surface area contributed by atoms with Crippen LogP contribution in [0.25, 0.3) is 28.5 Å². The van der Waals surface area contributed by atoms with Crippen molar-refractivity contribution >= 4 is 0 Å². The van der Waals surface area contributed by atoms with Crippen molar-refractivity contribution in [1.29, 1.82) is 0 Å². The standard InChI is InChI=1S/C20H17F3N6O3/c1-28-18-11(7-25-28)5-15-17(19-26-16(32-27-19)8-31-9-20(21,22)23)24-10-29(15)14-4-3-12(30-2)6-13(14)18/h3-4,6-7,10H,5,8-9H2,1-2H3. The molecule has 0 amide bonds. The summed E-state index contributed by atoms with van der Waals surface area (Å²) in [5, 5.41) is 8.29. The summed E-state index contributed by atoms with van der Waals surface area (Å²) >= 11 is 0. The van der Waals surface area contributed by atoms with Gasteiger partial charge in [-0.25, -0.2) is 4.98 Å². The molecule has 0 unspecified atom stereocenters. The lowest BCUT2D eigenvalue weighted by Crippen LogP contribution is -2.16. The van der Waals surface area contributed by atoms with Crippen molar-refractivity contribution < 1.29 is 27.2 Å². The molecule has 0 atom stereocenters. The fraction of sp³-hybridized carbons (Fsp3) is 0.300. The Kier molecular flexibility index (Phi) is 4.73. The van der Waals surface area contributed by atoms with Gasteiger partial charge in [-0.05, 0) is 18.2 Å². The summed E-state index contributed by atoms with van der Waals surface area (Å²) in [4.78, 5) is 8.63. The Labute approximate surface area is 179 Å². The average Bonchev–Trinajstić information content (AvgIpc) is 3.44. The van der Waals surface area contributed by atoms with Gasteiger partial charge in [0.15, 0.2) is 0 Å². The quantitative estimate of drug-likeness (QED) is 0.409. The van der Waals surface area contributed by atoms with E-state index in [2.05, 4.69) is 25.0 Å². The van der Waals surface area contributed by atoms with Crippen molar-refractivity contribution in [3.8, 4) is 34.2 Å². The van der Waals surface area contributed by atoms with Gasteiger partial charge >= 0.3 is 6.18 Å². The monoisotopic (exact) mass is 446 g/mol. The third-order valence-electron chi connectivity index (χ3n) is 5.13. The van der Waals surface area contributed by atoms with Crippen molar-refractivity contribution in [3.05, 3.63) is 47.9 Å². The van der Waals surface area contributed by atoms with Gasteiger partial charge in [0.1, 0.15) is 31.0 Å². The number of aryl methyl sites for hydroxylation is 1. The number of methoxy groups -OCH3 is 1. The van der Waals surface area contributed by atoms with Crippen molar-refractivity contribution in [1.82, 2.24) is 29.5 Å². The number of rotatable bonds is 5. The number of halogens is 3. The zero-order valence-electron chi connectivity index (χ0n) is 17.0. The Bertz CT molecular complexity index is 1290. The molecule has 9 nitrogen and oxygen atoms in total. The van der Waals surface area contributed by atoms with Crippen LogP contribution >= 0.6 is 0 Å². The van der Waals surface area contributed by atoms with Crippen LogP contribution in [0.2, 0.25) is 0 Å². The van der Waals surface area contributed by atoms with Crippen LogP contribution in [0.3, 0.4) is 0 Å². The Hall–Kier alpha value is -3.67. The highest BCUT2D eigenvalue weighted by molar-refractivity contribution is 5.77. The summed E-state index contributed by atoms with van der Waals surface area (Å²) in [6.07, 6.45) is -0.491. The summed E-state index contributed by atoms with van der Waals surface area (Å²) in [5.41, 5.74) is 4.99. The van der Waals surface area contributed by atoms with Crippen molar-refractivity contribution in [2.75, 3.05) is 13.7 Å². The van der Waals surface area contributed by atoms with Crippen molar-refractivity contribution in [2.45, 2.75) is 19.2 Å². The molecule has 4 aromatic rings. The van der Waals surface area contributed by atoms with E-state index in [-0.39, 0.29) is 11.7 Å². The van der Waals surface area contributed by atoms with Gasteiger partial charge in [0.2, 0.25) is 5.82 Å². The number of ether oxygens (including phenoxy) is 2. The molecule has 1 aliphatic heterocycles. The number of hydrogen-bond acceptors (Lipinski definition) is 7. The largest absolute Gasteiger partial charge is 0.497 e. The molecule has 0 aliphatic carbocycles. The molecule has 0 bridgehead atoms. The van der Waals surface area contributed by atoms with E-state index in [1.807, 2.05) is 29.8 Å². The van der Waals surface area contributed by atoms with Gasteiger partial charge in [-0.1, -0.05) is 5.16 Å². The first-order valence-corrected chi connectivity index (χ1v) is 9.57. The molecule has 0 N–H and O–H groups in total. The van der Waals surface area contributed by atoms with Crippen molar-refractivity contribution in [3.63, 3.8) is 0 Å². The molecule has 166 valence electrons. The maximum Gasteiger partial charge on any atom is 0.411 e. The van der Waals surface area contributed by atoms with Crippen LogP contribution in [-0.4, -0.2) is 49.4 Å². The second-order valence-corrected chi connectivity index (χ2v) is 7.23. The van der Waals surface area contributed by atoms with E-state index < -0.39 is 19.4 Å². The Morgan fingerprint density at radius 1 is 1.25 bits per heavy atom. The van der Waals surface area contributed by atoms with Crippen LogP contribution < -0.4 is 4.74 Å². The SMILES string of the molecule is COc1ccc2c(c1)-c1c(cnn1C)Cc1c(-c3noc(COCC(F)(F)F)n3)ncn1-2. The highest BCUT2D eigenvalue weighted by Gasteiger charge is 2.29. The molecule has 1 aliphatic rings. The van der Waals surface area contributed by atoms with E-state index in [9.17, 15) is 13.2 Å². The topological polar surface area (TPSA) is 93.0 Å². The molecular formula is C20H17F3N6O3. The van der Waals surface area contributed by atoms with Gasteiger partial charge in [0.25, 0.3) is 5.89 Å². The van der Waals surface area contributed by atoms with E-state index in [0.29, 0.717) is 17.9 Å². The Morgan fingerprint density at radius 2 is 2.09 bits per heavy atom. The molecule has 0 saturated heterocycles. The first-order valence-electron chi connectivity index (χ1n) is 9.57. The molecular weight excluding hydrogens is 429 g/mol. The lowest BCUT2D eigenvalue weighted by molar-refractivity contribution is -0.178. The van der Waals surface area contributed by atoms with Gasteiger partial charge in [-0.15, -0.1) is 0 Å². The number of imidazole rings is 1. The predicted octanol–water partition coefficient (Wildman–Crippen LogP) is 3.31. The fourth-order valence-electron chi connectivity index (χ4n) is 3.78. The molecule has 0 fully saturated rings. The third kappa shape index (κ3) is 3.51. The lowest BCUT2D eigenvalue weighted by atomic mass is 10.0. The van der Waals surface area contributed by atoms with Crippen LogP contribution in [0.1, 0.15) is 17.1 Å². The summed E-state index contributed by atoms with van der Waals surface area (Å²) in [7, 11) is 3.48. The van der Waals surface area contributed by atoms with Gasteiger partial charge in [-0.2, -0.15) is 23.3 Å². The van der Waals surface area contributed by atoms with E-state index in [4.69, 9.17) is 9.26 Å². The highest BCUT2D eigenvalue weighted by Crippen LogP contribution is 2.39. The number of fused-ring (bicyclic) bond motifs is 5. The normalized spacial score (nSPS) is 12.8. The number of alkyl halides is 3. The highest BCUT2D eigenvalue weighted by atomic mass is 19.4. The van der Waals surface area contributed by atoms with E-state index in [1.165, 1.54) is 0 Å². The van der Waals surface area contributed by atoms with Crippen LogP contribution in [0.15, 0.2) is 35.2 Å². The van der Waals surface area contributed by atoms with Crippen LogP contribution in [0.4, 0.5) is 13.2 Å². The number of nitrogens with zero attached hydrogens (tertiary/aromatic N) is 6. The van der Waals surface area contributed by atoms with E-state index in [1.54, 1.807) is 24.3 Å². The molecule has 32 heavy (non-hydrogen) atoms. The molecule has 1 aromatic carbocycles. The third-order valence-corrected chi connectivity index (χ3v) is 5.13. The molecule has 0 spiro atoms. The van der Waals surface area contributed by atoms with E-state index in [0.717, 1.165) is 28.2 Å². The first kappa shape index (κ1) is 20.2. The van der Waals surface area contributed by atoms with E-state index >= 15 is 0 Å². The second-order valence-electron chi connectivity index (χ2n) is 7.23. The minimum Gasteiger partial charge on any atom is -0.497 e. The second kappa shape index (κ2) is 7.48. The minimum absolute atomic E-state index is 0.0631. The fourth-order valence-corrected chi connectivity index (χ4v) is 3.78. The zero-order chi connectivity index (χ0) is 22.5. The molecule has 0 saturated carbocycles. The maximum atomic E-state index is 12.3. The van der Waals surface area contributed by atoms with Crippen molar-refractivity contribution in [2.24, 2.45) is 7.05 Å².